The number of hydrogen-bond acceptors (Lipinski definition) is 5. The Morgan fingerprint density at radius 2 is 1.95 bits per heavy atom. The van der Waals surface area contributed by atoms with E-state index in [-0.39, 0.29) is 0 Å². The maximum Gasteiger partial charge on any atom is 0.124 e. The predicted molar refractivity (Wildman–Crippen MR) is 83.0 cm³/mol. The SMILES string of the molecule is COc1ccc(OC)c(C(O)CNCCOCC(C)C)c1. The topological polar surface area (TPSA) is 60.0 Å². The smallest absolute Gasteiger partial charge is 0.124 e. The molecule has 1 rings (SSSR count). The van der Waals surface area contributed by atoms with Crippen LogP contribution in [0.4, 0.5) is 0 Å². The standard InChI is InChI=1S/C16H27NO4/c1-12(2)11-21-8-7-17-10-15(18)14-9-13(19-3)5-6-16(14)20-4/h5-6,9,12,15,17-18H,7-8,10-11H2,1-4H3. The van der Waals surface area contributed by atoms with E-state index in [9.17, 15) is 5.11 Å². The summed E-state index contributed by atoms with van der Waals surface area (Å²) in [6.07, 6.45) is -0.653. The van der Waals surface area contributed by atoms with Crippen molar-refractivity contribution in [3.8, 4) is 11.5 Å². The van der Waals surface area contributed by atoms with Gasteiger partial charge in [-0.1, -0.05) is 13.8 Å². The summed E-state index contributed by atoms with van der Waals surface area (Å²) in [7, 11) is 3.19. The third kappa shape index (κ3) is 6.33. The van der Waals surface area contributed by atoms with Gasteiger partial charge in [0.1, 0.15) is 11.5 Å². The van der Waals surface area contributed by atoms with Gasteiger partial charge in [0.15, 0.2) is 0 Å². The molecule has 0 spiro atoms. The second-order valence-corrected chi connectivity index (χ2v) is 5.30. The lowest BCUT2D eigenvalue weighted by Crippen LogP contribution is -2.26. The van der Waals surface area contributed by atoms with E-state index in [1.165, 1.54) is 0 Å². The average molecular weight is 297 g/mol. The molecule has 21 heavy (non-hydrogen) atoms. The number of benzene rings is 1. The van der Waals surface area contributed by atoms with Crippen LogP contribution in [0.5, 0.6) is 11.5 Å². The maximum absolute atomic E-state index is 10.3. The number of nitrogens with one attached hydrogen (secondary N) is 1. The van der Waals surface area contributed by atoms with Crippen LogP contribution < -0.4 is 14.8 Å². The highest BCUT2D eigenvalue weighted by atomic mass is 16.5. The summed E-state index contributed by atoms with van der Waals surface area (Å²) in [5.41, 5.74) is 0.715. The number of aliphatic hydroxyl groups excluding tert-OH is 1. The van der Waals surface area contributed by atoms with Crippen molar-refractivity contribution in [2.45, 2.75) is 20.0 Å². The Morgan fingerprint density at radius 1 is 1.19 bits per heavy atom. The highest BCUT2D eigenvalue weighted by Gasteiger charge is 2.14. The minimum Gasteiger partial charge on any atom is -0.497 e. The molecule has 0 saturated carbocycles. The fourth-order valence-corrected chi connectivity index (χ4v) is 1.91. The summed E-state index contributed by atoms with van der Waals surface area (Å²) in [5.74, 6) is 1.89. The van der Waals surface area contributed by atoms with E-state index in [1.54, 1.807) is 26.4 Å². The van der Waals surface area contributed by atoms with Crippen LogP contribution in [0.25, 0.3) is 0 Å². The largest absolute Gasteiger partial charge is 0.497 e. The van der Waals surface area contributed by atoms with E-state index in [0.717, 1.165) is 6.61 Å². The Labute approximate surface area is 127 Å². The van der Waals surface area contributed by atoms with Crippen LogP contribution in [0.3, 0.4) is 0 Å². The van der Waals surface area contributed by atoms with Crippen LogP contribution >= 0.6 is 0 Å². The molecule has 0 aromatic heterocycles. The van der Waals surface area contributed by atoms with E-state index in [2.05, 4.69) is 19.2 Å². The van der Waals surface area contributed by atoms with Gasteiger partial charge in [-0.25, -0.2) is 0 Å². The Kier molecular flexibility index (Phi) is 8.12. The van der Waals surface area contributed by atoms with Gasteiger partial charge in [-0.05, 0) is 24.1 Å². The van der Waals surface area contributed by atoms with Gasteiger partial charge in [0.25, 0.3) is 0 Å². The van der Waals surface area contributed by atoms with Crippen molar-refractivity contribution in [1.29, 1.82) is 0 Å². The van der Waals surface area contributed by atoms with Crippen LogP contribution in [0.2, 0.25) is 0 Å². The Morgan fingerprint density at radius 3 is 2.57 bits per heavy atom. The molecule has 0 aliphatic rings. The molecule has 0 fully saturated rings. The molecule has 1 aromatic carbocycles. The fourth-order valence-electron chi connectivity index (χ4n) is 1.91. The second kappa shape index (κ2) is 9.60. The van der Waals surface area contributed by atoms with E-state index in [0.29, 0.717) is 42.7 Å². The number of aliphatic hydroxyl groups is 1. The minimum absolute atomic E-state index is 0.439. The second-order valence-electron chi connectivity index (χ2n) is 5.30. The number of ether oxygens (including phenoxy) is 3. The molecule has 5 nitrogen and oxygen atoms in total. The van der Waals surface area contributed by atoms with Gasteiger partial charge >= 0.3 is 0 Å². The third-order valence-electron chi connectivity index (χ3n) is 3.01. The Balaban J connectivity index is 2.42. The van der Waals surface area contributed by atoms with Gasteiger partial charge in [-0.2, -0.15) is 0 Å². The first-order valence-electron chi connectivity index (χ1n) is 7.27. The lowest BCUT2D eigenvalue weighted by molar-refractivity contribution is 0.107. The first kappa shape index (κ1) is 17.8. The van der Waals surface area contributed by atoms with Crippen molar-refractivity contribution in [3.63, 3.8) is 0 Å². The first-order chi connectivity index (χ1) is 10.1. The lowest BCUT2D eigenvalue weighted by atomic mass is 10.1. The summed E-state index contributed by atoms with van der Waals surface area (Å²) in [5, 5.41) is 13.4. The van der Waals surface area contributed by atoms with Gasteiger partial charge in [0.2, 0.25) is 0 Å². The monoisotopic (exact) mass is 297 g/mol. The molecule has 0 bridgehead atoms. The molecule has 1 unspecified atom stereocenters. The first-order valence-corrected chi connectivity index (χ1v) is 7.27. The zero-order chi connectivity index (χ0) is 15.7. The van der Waals surface area contributed by atoms with Crippen molar-refractivity contribution in [2.75, 3.05) is 40.5 Å². The molecule has 0 saturated heterocycles. The van der Waals surface area contributed by atoms with Gasteiger partial charge in [-0.3, -0.25) is 0 Å². The molecule has 1 atom stereocenters. The van der Waals surface area contributed by atoms with Crippen molar-refractivity contribution in [1.82, 2.24) is 5.32 Å². The molecule has 0 radical (unpaired) electrons. The molecule has 120 valence electrons. The summed E-state index contributed by atoms with van der Waals surface area (Å²) in [6, 6.07) is 5.39. The normalized spacial score (nSPS) is 12.5. The third-order valence-corrected chi connectivity index (χ3v) is 3.01. The average Bonchev–Trinajstić information content (AvgIpc) is 2.49. The molecular formula is C16H27NO4. The zero-order valence-corrected chi connectivity index (χ0v) is 13.4. The van der Waals surface area contributed by atoms with Crippen molar-refractivity contribution in [3.05, 3.63) is 23.8 Å². The zero-order valence-electron chi connectivity index (χ0n) is 13.4. The van der Waals surface area contributed by atoms with E-state index in [1.807, 2.05) is 6.07 Å². The molecule has 1 aromatic rings. The van der Waals surface area contributed by atoms with Crippen molar-refractivity contribution >= 4 is 0 Å². The number of rotatable bonds is 10. The summed E-state index contributed by atoms with van der Waals surface area (Å²) in [4.78, 5) is 0. The molecule has 5 heteroatoms. The maximum atomic E-state index is 10.3. The molecule has 0 aliphatic carbocycles. The molecule has 0 heterocycles. The number of methoxy groups -OCH3 is 2. The van der Waals surface area contributed by atoms with Crippen LogP contribution in [0, 0.1) is 5.92 Å². The minimum atomic E-state index is -0.653. The summed E-state index contributed by atoms with van der Waals surface area (Å²) >= 11 is 0. The van der Waals surface area contributed by atoms with E-state index < -0.39 is 6.10 Å². The van der Waals surface area contributed by atoms with Crippen LogP contribution in [0.15, 0.2) is 18.2 Å². The lowest BCUT2D eigenvalue weighted by Gasteiger charge is -2.16. The Hall–Kier alpha value is -1.30. The van der Waals surface area contributed by atoms with Crippen LogP contribution in [-0.4, -0.2) is 45.6 Å². The summed E-state index contributed by atoms with van der Waals surface area (Å²) < 4.78 is 15.9. The number of hydrogen-bond donors (Lipinski definition) is 2. The molecule has 0 amide bonds. The van der Waals surface area contributed by atoms with E-state index >= 15 is 0 Å². The van der Waals surface area contributed by atoms with Crippen LogP contribution in [0.1, 0.15) is 25.5 Å². The Bertz CT molecular complexity index is 409. The molecule has 0 aliphatic heterocycles. The fraction of sp³-hybridized carbons (Fsp3) is 0.625. The van der Waals surface area contributed by atoms with Gasteiger partial charge in [-0.15, -0.1) is 0 Å². The highest BCUT2D eigenvalue weighted by molar-refractivity contribution is 5.41. The van der Waals surface area contributed by atoms with Crippen LogP contribution in [-0.2, 0) is 4.74 Å². The quantitative estimate of drug-likeness (QED) is 0.647. The molecule has 2 N–H and O–H groups in total. The molecular weight excluding hydrogens is 270 g/mol. The predicted octanol–water partition coefficient (Wildman–Crippen LogP) is 2.00. The van der Waals surface area contributed by atoms with Crippen molar-refractivity contribution < 1.29 is 19.3 Å². The highest BCUT2D eigenvalue weighted by Crippen LogP contribution is 2.28. The van der Waals surface area contributed by atoms with Gasteiger partial charge in [0, 0.05) is 25.3 Å². The van der Waals surface area contributed by atoms with E-state index in [4.69, 9.17) is 14.2 Å². The van der Waals surface area contributed by atoms with Gasteiger partial charge < -0.3 is 24.6 Å². The van der Waals surface area contributed by atoms with Crippen molar-refractivity contribution in [2.24, 2.45) is 5.92 Å². The van der Waals surface area contributed by atoms with Gasteiger partial charge in [0.05, 0.1) is 26.9 Å². The summed E-state index contributed by atoms with van der Waals surface area (Å²) in [6.45, 7) is 6.78.